The van der Waals surface area contributed by atoms with Gasteiger partial charge in [-0.05, 0) is 6.92 Å². The van der Waals surface area contributed by atoms with Crippen molar-refractivity contribution in [1.82, 2.24) is 10.6 Å². The lowest BCUT2D eigenvalue weighted by Crippen LogP contribution is -2.31. The third kappa shape index (κ3) is 2.69. The zero-order valence-corrected chi connectivity index (χ0v) is 6.16. The second kappa shape index (κ2) is 2.64. The van der Waals surface area contributed by atoms with Crippen LogP contribution < -0.4 is 10.6 Å². The number of amides is 2. The lowest BCUT2D eigenvalue weighted by molar-refractivity contribution is 0.00606. The molecule has 0 spiro atoms. The number of nitrogens with one attached hydrogen (secondary N) is 2. The number of carbonyl (C=O) groups is 1. The van der Waals surface area contributed by atoms with E-state index in [2.05, 4.69) is 10.6 Å². The van der Waals surface area contributed by atoms with Crippen LogP contribution in [0.2, 0.25) is 0 Å². The zero-order valence-electron chi connectivity index (χ0n) is 6.16. The van der Waals surface area contributed by atoms with E-state index in [-0.39, 0.29) is 12.5 Å². The highest BCUT2D eigenvalue weighted by molar-refractivity contribution is 5.76. The number of hydrogen-bond donors (Lipinski definition) is 2. The standard InChI is InChI=1S/C6H10F2N2O/c1-6(7,8)2-4-3-9-5(11)10-4/h4H,2-3H2,1H3,(H2,9,10,11). The number of urea groups is 1. The third-order valence-corrected chi connectivity index (χ3v) is 1.45. The number of carbonyl (C=O) groups excluding carboxylic acids is 1. The molecular formula is C6H10F2N2O. The number of hydrogen-bond acceptors (Lipinski definition) is 1. The average molecular weight is 164 g/mol. The van der Waals surface area contributed by atoms with Gasteiger partial charge in [-0.3, -0.25) is 0 Å². The number of halogens is 2. The van der Waals surface area contributed by atoms with E-state index in [0.717, 1.165) is 6.92 Å². The number of rotatable bonds is 2. The minimum atomic E-state index is -2.70. The summed E-state index contributed by atoms with van der Waals surface area (Å²) in [5.41, 5.74) is 0. The molecule has 0 aromatic rings. The van der Waals surface area contributed by atoms with Crippen molar-refractivity contribution < 1.29 is 13.6 Å². The van der Waals surface area contributed by atoms with Crippen molar-refractivity contribution in [1.29, 1.82) is 0 Å². The highest BCUT2D eigenvalue weighted by Crippen LogP contribution is 2.19. The summed E-state index contributed by atoms with van der Waals surface area (Å²) in [5, 5.41) is 4.79. The molecule has 5 heteroatoms. The van der Waals surface area contributed by atoms with Gasteiger partial charge < -0.3 is 10.6 Å². The Hall–Kier alpha value is -0.870. The maximum Gasteiger partial charge on any atom is 0.315 e. The molecule has 0 saturated carbocycles. The van der Waals surface area contributed by atoms with Crippen LogP contribution in [0.3, 0.4) is 0 Å². The Bertz CT molecular complexity index is 166. The van der Waals surface area contributed by atoms with Crippen LogP contribution in [-0.2, 0) is 0 Å². The Morgan fingerprint density at radius 1 is 1.73 bits per heavy atom. The van der Waals surface area contributed by atoms with E-state index in [1.54, 1.807) is 0 Å². The third-order valence-electron chi connectivity index (χ3n) is 1.45. The van der Waals surface area contributed by atoms with Crippen molar-refractivity contribution >= 4 is 6.03 Å². The van der Waals surface area contributed by atoms with Gasteiger partial charge in [-0.25, -0.2) is 13.6 Å². The first-order valence-electron chi connectivity index (χ1n) is 3.39. The van der Waals surface area contributed by atoms with Gasteiger partial charge >= 0.3 is 6.03 Å². The second-order valence-electron chi connectivity index (χ2n) is 2.83. The van der Waals surface area contributed by atoms with Gasteiger partial charge in [-0.2, -0.15) is 0 Å². The molecule has 1 unspecified atom stereocenters. The van der Waals surface area contributed by atoms with Crippen LogP contribution in [0.25, 0.3) is 0 Å². The first-order chi connectivity index (χ1) is 4.97. The lowest BCUT2D eigenvalue weighted by Gasteiger charge is -2.14. The summed E-state index contributed by atoms with van der Waals surface area (Å²) in [6.07, 6.45) is -0.300. The van der Waals surface area contributed by atoms with Crippen LogP contribution in [0.4, 0.5) is 13.6 Å². The van der Waals surface area contributed by atoms with Crippen LogP contribution in [0.5, 0.6) is 0 Å². The van der Waals surface area contributed by atoms with Gasteiger partial charge in [0.1, 0.15) is 0 Å². The quantitative estimate of drug-likeness (QED) is 0.620. The highest BCUT2D eigenvalue weighted by Gasteiger charge is 2.30. The predicted molar refractivity (Wildman–Crippen MR) is 35.6 cm³/mol. The molecule has 1 atom stereocenters. The van der Waals surface area contributed by atoms with Gasteiger partial charge in [0.2, 0.25) is 5.92 Å². The van der Waals surface area contributed by atoms with Crippen molar-refractivity contribution in [2.75, 3.05) is 6.54 Å². The molecular weight excluding hydrogens is 154 g/mol. The SMILES string of the molecule is CC(F)(F)CC1CNC(=O)N1. The van der Waals surface area contributed by atoms with E-state index in [1.807, 2.05) is 0 Å². The van der Waals surface area contributed by atoms with Gasteiger partial charge in [-0.15, -0.1) is 0 Å². The first-order valence-corrected chi connectivity index (χ1v) is 3.39. The zero-order chi connectivity index (χ0) is 8.48. The Morgan fingerprint density at radius 3 is 2.73 bits per heavy atom. The van der Waals surface area contributed by atoms with Gasteiger partial charge in [-0.1, -0.05) is 0 Å². The summed E-state index contributed by atoms with van der Waals surface area (Å²) >= 11 is 0. The molecule has 11 heavy (non-hydrogen) atoms. The number of alkyl halides is 2. The van der Waals surface area contributed by atoms with E-state index in [1.165, 1.54) is 0 Å². The highest BCUT2D eigenvalue weighted by atomic mass is 19.3. The predicted octanol–water partition coefficient (Wildman–Crippen LogP) is 0.713. The maximum atomic E-state index is 12.3. The summed E-state index contributed by atoms with van der Waals surface area (Å²) in [6.45, 7) is 1.14. The fraction of sp³-hybridized carbons (Fsp3) is 0.833. The fourth-order valence-electron chi connectivity index (χ4n) is 1.06. The van der Waals surface area contributed by atoms with Gasteiger partial charge in [0.05, 0.1) is 6.04 Å². The summed E-state index contributed by atoms with van der Waals surface area (Å²) in [4.78, 5) is 10.5. The minimum absolute atomic E-state index is 0.294. The molecule has 2 amide bonds. The summed E-state index contributed by atoms with van der Waals surface area (Å²) in [5.74, 6) is -2.70. The van der Waals surface area contributed by atoms with E-state index < -0.39 is 12.0 Å². The topological polar surface area (TPSA) is 41.1 Å². The van der Waals surface area contributed by atoms with Gasteiger partial charge in [0.15, 0.2) is 0 Å². The van der Waals surface area contributed by atoms with Crippen molar-refractivity contribution in [3.05, 3.63) is 0 Å². The molecule has 1 heterocycles. The summed E-state index contributed by atoms with van der Waals surface area (Å²) in [6, 6.07) is -0.790. The Balaban J connectivity index is 2.34. The molecule has 1 fully saturated rings. The molecule has 0 aromatic carbocycles. The second-order valence-corrected chi connectivity index (χ2v) is 2.83. The monoisotopic (exact) mass is 164 g/mol. The molecule has 2 N–H and O–H groups in total. The van der Waals surface area contributed by atoms with Crippen molar-refractivity contribution in [2.24, 2.45) is 0 Å². The molecule has 0 radical (unpaired) electrons. The van der Waals surface area contributed by atoms with Crippen LogP contribution >= 0.6 is 0 Å². The normalized spacial score (nSPS) is 24.6. The van der Waals surface area contributed by atoms with Crippen molar-refractivity contribution in [2.45, 2.75) is 25.3 Å². The molecule has 1 aliphatic rings. The van der Waals surface area contributed by atoms with E-state index >= 15 is 0 Å². The van der Waals surface area contributed by atoms with E-state index in [9.17, 15) is 13.6 Å². The first kappa shape index (κ1) is 8.23. The fourth-order valence-corrected chi connectivity index (χ4v) is 1.06. The largest absolute Gasteiger partial charge is 0.336 e. The van der Waals surface area contributed by atoms with Crippen molar-refractivity contribution in [3.63, 3.8) is 0 Å². The minimum Gasteiger partial charge on any atom is -0.336 e. The molecule has 0 aromatic heterocycles. The van der Waals surface area contributed by atoms with Gasteiger partial charge in [0.25, 0.3) is 0 Å². The van der Waals surface area contributed by atoms with Crippen LogP contribution in [0, 0.1) is 0 Å². The molecule has 64 valence electrons. The Kier molecular flexibility index (Phi) is 1.97. The van der Waals surface area contributed by atoms with Crippen LogP contribution in [0.15, 0.2) is 0 Å². The maximum absolute atomic E-state index is 12.3. The van der Waals surface area contributed by atoms with Crippen molar-refractivity contribution in [3.8, 4) is 0 Å². The molecule has 1 aliphatic heterocycles. The van der Waals surface area contributed by atoms with Gasteiger partial charge in [0, 0.05) is 13.0 Å². The molecule has 3 nitrogen and oxygen atoms in total. The Morgan fingerprint density at radius 2 is 2.36 bits per heavy atom. The van der Waals surface area contributed by atoms with Crippen LogP contribution in [0.1, 0.15) is 13.3 Å². The summed E-state index contributed by atoms with van der Waals surface area (Å²) in [7, 11) is 0. The molecule has 1 saturated heterocycles. The molecule has 1 rings (SSSR count). The molecule has 0 aliphatic carbocycles. The molecule has 0 bridgehead atoms. The average Bonchev–Trinajstić information content (AvgIpc) is 2.10. The lowest BCUT2D eigenvalue weighted by atomic mass is 10.1. The Labute approximate surface area is 63.2 Å². The smallest absolute Gasteiger partial charge is 0.315 e. The summed E-state index contributed by atoms with van der Waals surface area (Å²) < 4.78 is 24.6. The van der Waals surface area contributed by atoms with E-state index in [4.69, 9.17) is 0 Å². The van der Waals surface area contributed by atoms with E-state index in [0.29, 0.717) is 6.54 Å². The van der Waals surface area contributed by atoms with Crippen LogP contribution in [-0.4, -0.2) is 24.5 Å².